The molecule has 6 aromatic heterocycles. The van der Waals surface area contributed by atoms with E-state index in [1.54, 1.807) is 0 Å². The summed E-state index contributed by atoms with van der Waals surface area (Å²) in [5.74, 6) is 1.92. The maximum absolute atomic E-state index is 6.97. The quantitative estimate of drug-likeness (QED) is 0.121. The van der Waals surface area contributed by atoms with Crippen molar-refractivity contribution < 1.29 is 30.4 Å². The van der Waals surface area contributed by atoms with Gasteiger partial charge >= 0.3 is 0 Å². The van der Waals surface area contributed by atoms with Crippen molar-refractivity contribution in [2.45, 2.75) is 26.2 Å². The van der Waals surface area contributed by atoms with Crippen LogP contribution < -0.4 is 9.30 Å². The number of aromatic nitrogens is 7. The van der Waals surface area contributed by atoms with Crippen LogP contribution in [0.15, 0.2) is 255 Å². The van der Waals surface area contributed by atoms with Crippen LogP contribution in [-0.4, -0.2) is 27.8 Å². The first-order valence-electron chi connectivity index (χ1n) is 30.8. The van der Waals surface area contributed by atoms with E-state index >= 15 is 0 Å². The van der Waals surface area contributed by atoms with E-state index in [0.29, 0.717) is 11.5 Å². The SMILES string of the molecule is CC(C)(C)c1ccnc(-n2c3[c-]c4ccc3c3cc(ccc32)-n2c3ccccc3c3cccc(c32)-n2c3ccccc3c3cc(ccc32)-n2c3ccccc3c3ccc5c(c32)-c2ccccc2-[n+]2[c-]n(c3cccc(c32)-c2ccccc2-5)-c2[c-]c(ccc2)O4)c1.[Pt]. The first-order chi connectivity index (χ1) is 44.3. The summed E-state index contributed by atoms with van der Waals surface area (Å²) in [6, 6.07) is 98.8. The van der Waals surface area contributed by atoms with E-state index in [-0.39, 0.29) is 26.5 Å². The second-order valence-electron chi connectivity index (χ2n) is 25.1. The Morgan fingerprint density at radius 3 is 1.73 bits per heavy atom. The number of benzene rings is 12. The van der Waals surface area contributed by atoms with Crippen molar-refractivity contribution in [3.63, 3.8) is 0 Å². The molecule has 12 aromatic carbocycles. The normalized spacial score (nSPS) is 12.6. The maximum atomic E-state index is 6.97. The number of imidazole rings is 1. The van der Waals surface area contributed by atoms with Gasteiger partial charge in [-0.25, -0.2) is 4.98 Å². The van der Waals surface area contributed by atoms with E-state index in [1.165, 1.54) is 32.5 Å². The zero-order valence-corrected chi connectivity index (χ0v) is 51.9. The van der Waals surface area contributed by atoms with Gasteiger partial charge in [-0.15, -0.1) is 29.7 Å². The fourth-order valence-corrected chi connectivity index (χ4v) is 15.3. The zero-order valence-electron chi connectivity index (χ0n) is 49.6. The van der Waals surface area contributed by atoms with Gasteiger partial charge in [0.15, 0.2) is 0 Å². The maximum Gasteiger partial charge on any atom is 0.268 e. The fraction of sp³-hybridized carbons (Fsp3) is 0.0488. The molecule has 0 spiro atoms. The smallest absolute Gasteiger partial charge is 0.268 e. The largest absolute Gasteiger partial charge is 0.510 e. The molecule has 0 amide bonds. The predicted octanol–water partition coefficient (Wildman–Crippen LogP) is 19.8. The summed E-state index contributed by atoms with van der Waals surface area (Å²) < 4.78 is 21.1. The third-order valence-electron chi connectivity index (χ3n) is 19.2. The van der Waals surface area contributed by atoms with Gasteiger partial charge < -0.3 is 27.6 Å². The first-order valence-corrected chi connectivity index (χ1v) is 30.8. The standard InChI is InChI=1S/C82H51N7O.Pt/c1-82(2,3)49-41-42-83-77(43-49)89-73-40-34-51-45-67(73)60-36-35-54(47-76(60)89)90-53-18-14-17-50(44-53)84-48-85-68-27-10-9-24-65(68)78-61(55-19-4-5-20-56(55)62-25-15-31-74(84)79(62)85)37-38-64-58-22-7-12-29-70(58)87(81(64)78)52-33-39-72-66(46-52)59-23-8-13-30-71(59)88(72)75-32-16-26-63-57-21-6-11-28-69(57)86(51)80(63)75;/h4-43,45-46H,1-3H3;/q-2;. The number of pyridine rings is 1. The minimum atomic E-state index is -0.114. The van der Waals surface area contributed by atoms with Gasteiger partial charge in [0.2, 0.25) is 0 Å². The molecule has 0 saturated carbocycles. The molecule has 0 radical (unpaired) electrons. The average Bonchev–Trinajstić information content (AvgIpc) is 1.58. The monoisotopic (exact) mass is 1340 g/mol. The number of hydrogen-bond donors (Lipinski definition) is 0. The van der Waals surface area contributed by atoms with Crippen LogP contribution in [0.25, 0.3) is 166 Å². The molecule has 8 nitrogen and oxygen atoms in total. The molecule has 0 unspecified atom stereocenters. The summed E-state index contributed by atoms with van der Waals surface area (Å²) in [4.78, 5) is 5.10. The molecule has 91 heavy (non-hydrogen) atoms. The van der Waals surface area contributed by atoms with Crippen molar-refractivity contribution in [1.82, 2.24) is 27.8 Å². The number of fused-ring (bicyclic) bond motifs is 8. The summed E-state index contributed by atoms with van der Waals surface area (Å²) in [7, 11) is 0. The Kier molecular flexibility index (Phi) is 10.8. The molecule has 0 N–H and O–H groups in total. The molecule has 18 aromatic rings. The van der Waals surface area contributed by atoms with Crippen LogP contribution in [0.1, 0.15) is 26.3 Å². The summed E-state index contributed by atoms with van der Waals surface area (Å²) in [5, 5.41) is 9.16. The Labute approximate surface area is 537 Å². The van der Waals surface area contributed by atoms with Crippen LogP contribution in [0, 0.1) is 18.5 Å². The average molecular weight is 1350 g/mol. The minimum absolute atomic E-state index is 0. The molecule has 9 heteroatoms. The molecule has 23 rings (SSSR count). The van der Waals surface area contributed by atoms with Crippen LogP contribution in [-0.2, 0) is 26.5 Å². The van der Waals surface area contributed by atoms with E-state index in [1.807, 2.05) is 24.4 Å². The molecule has 0 aliphatic carbocycles. The van der Waals surface area contributed by atoms with Gasteiger partial charge in [-0.2, -0.15) is 18.2 Å². The molecule has 11 heterocycles. The molecule has 0 fully saturated rings. The van der Waals surface area contributed by atoms with Crippen LogP contribution in [0.3, 0.4) is 0 Å². The molecule has 5 aliphatic rings. The van der Waals surface area contributed by atoms with Gasteiger partial charge in [0.05, 0.1) is 55.5 Å². The molecular weight excluding hydrogens is 1290 g/mol. The van der Waals surface area contributed by atoms with Gasteiger partial charge in [0, 0.05) is 93.5 Å². The molecule has 432 valence electrons. The Hall–Kier alpha value is -11.1. The van der Waals surface area contributed by atoms with E-state index < -0.39 is 0 Å². The third-order valence-corrected chi connectivity index (χ3v) is 19.2. The van der Waals surface area contributed by atoms with Crippen LogP contribution in [0.5, 0.6) is 11.5 Å². The topological polar surface area (TPSA) is 50.7 Å². The summed E-state index contributed by atoms with van der Waals surface area (Å²) in [5.41, 5.74) is 23.5. The van der Waals surface area contributed by atoms with E-state index in [4.69, 9.17) is 9.72 Å². The van der Waals surface area contributed by atoms with Crippen molar-refractivity contribution in [2.24, 2.45) is 0 Å². The van der Waals surface area contributed by atoms with Gasteiger partial charge in [0.1, 0.15) is 5.82 Å². The van der Waals surface area contributed by atoms with E-state index in [9.17, 15) is 0 Å². The molecule has 0 atom stereocenters. The minimum Gasteiger partial charge on any atom is -0.510 e. The number of nitrogens with zero attached hydrogens (tertiary/aromatic N) is 7. The van der Waals surface area contributed by atoms with Crippen molar-refractivity contribution in [3.05, 3.63) is 279 Å². The van der Waals surface area contributed by atoms with Crippen molar-refractivity contribution in [1.29, 1.82) is 0 Å². The van der Waals surface area contributed by atoms with Gasteiger partial charge in [-0.05, 0) is 129 Å². The van der Waals surface area contributed by atoms with E-state index in [0.717, 1.165) is 139 Å². The van der Waals surface area contributed by atoms with E-state index in [2.05, 4.69) is 297 Å². The fourth-order valence-electron chi connectivity index (χ4n) is 15.3. The third kappa shape index (κ3) is 7.25. The molecule has 5 aliphatic heterocycles. The van der Waals surface area contributed by atoms with Crippen LogP contribution in [0.2, 0.25) is 0 Å². The van der Waals surface area contributed by atoms with Crippen LogP contribution in [0.4, 0.5) is 0 Å². The Balaban J connectivity index is 0.00000594. The Morgan fingerprint density at radius 2 is 0.967 bits per heavy atom. The Morgan fingerprint density at radius 1 is 0.407 bits per heavy atom. The summed E-state index contributed by atoms with van der Waals surface area (Å²) >= 11 is 0. The summed E-state index contributed by atoms with van der Waals surface area (Å²) in [6.45, 7) is 6.74. The van der Waals surface area contributed by atoms with Crippen molar-refractivity contribution in [2.75, 3.05) is 0 Å². The van der Waals surface area contributed by atoms with Crippen molar-refractivity contribution in [3.8, 4) is 79.1 Å². The van der Waals surface area contributed by atoms with Gasteiger partial charge in [-0.3, -0.25) is 4.57 Å². The molecule has 14 bridgehead atoms. The Bertz CT molecular complexity index is 6200. The number of ether oxygens (including phenoxy) is 1. The first kappa shape index (κ1) is 51.9. The second kappa shape index (κ2) is 19.0. The van der Waals surface area contributed by atoms with Crippen molar-refractivity contribution >= 4 is 98.3 Å². The predicted molar refractivity (Wildman–Crippen MR) is 365 cm³/mol. The van der Waals surface area contributed by atoms with Gasteiger partial charge in [-0.1, -0.05) is 166 Å². The number of hydrogen-bond acceptors (Lipinski definition) is 2. The molecule has 0 saturated heterocycles. The molecular formula is C82H51N7OPt-2. The number of rotatable bonds is 1. The van der Waals surface area contributed by atoms with Crippen LogP contribution >= 0.6 is 0 Å². The second-order valence-corrected chi connectivity index (χ2v) is 25.1. The summed E-state index contributed by atoms with van der Waals surface area (Å²) in [6.07, 6.45) is 5.88. The van der Waals surface area contributed by atoms with Gasteiger partial charge in [0.25, 0.3) is 6.33 Å². The zero-order chi connectivity index (χ0) is 59.3. The number of para-hydroxylation sites is 6.